The Bertz CT molecular complexity index is 383. The van der Waals surface area contributed by atoms with Gasteiger partial charge in [-0.3, -0.25) is 4.90 Å². The molecule has 0 aromatic heterocycles. The van der Waals surface area contributed by atoms with Crippen LogP contribution in [0.5, 0.6) is 0 Å². The van der Waals surface area contributed by atoms with Crippen LogP contribution in [-0.2, 0) is 9.84 Å². The van der Waals surface area contributed by atoms with Crippen LogP contribution in [0.3, 0.4) is 0 Å². The highest BCUT2D eigenvalue weighted by molar-refractivity contribution is 7.91. The van der Waals surface area contributed by atoms with Crippen LogP contribution >= 0.6 is 0 Å². The highest BCUT2D eigenvalue weighted by Crippen LogP contribution is 2.23. The Morgan fingerprint density at radius 3 is 2.74 bits per heavy atom. The Kier molecular flexibility index (Phi) is 5.26. The van der Waals surface area contributed by atoms with Crippen LogP contribution in [0.4, 0.5) is 0 Å². The number of nitrogens with zero attached hydrogens (tertiary/aromatic N) is 1. The first-order valence-electron chi connectivity index (χ1n) is 7.64. The second-order valence-corrected chi connectivity index (χ2v) is 8.65. The van der Waals surface area contributed by atoms with Crippen LogP contribution in [0.2, 0.25) is 0 Å². The van der Waals surface area contributed by atoms with E-state index < -0.39 is 9.84 Å². The molecule has 0 aromatic rings. The first-order valence-corrected chi connectivity index (χ1v) is 9.46. The van der Waals surface area contributed by atoms with Crippen LogP contribution in [0.1, 0.15) is 39.5 Å². The summed E-state index contributed by atoms with van der Waals surface area (Å²) in [4.78, 5) is 2.31. The van der Waals surface area contributed by atoms with Crippen LogP contribution in [0, 0.1) is 5.92 Å². The Balaban J connectivity index is 1.68. The zero-order valence-corrected chi connectivity index (χ0v) is 13.1. The molecule has 2 fully saturated rings. The third kappa shape index (κ3) is 4.72. The molecule has 0 aromatic carbocycles. The molecule has 0 bridgehead atoms. The van der Waals surface area contributed by atoms with E-state index in [-0.39, 0.29) is 6.04 Å². The van der Waals surface area contributed by atoms with E-state index >= 15 is 0 Å². The minimum absolute atomic E-state index is 0.172. The highest BCUT2D eigenvalue weighted by atomic mass is 32.2. The van der Waals surface area contributed by atoms with Gasteiger partial charge in [-0.25, -0.2) is 8.42 Å². The van der Waals surface area contributed by atoms with E-state index in [0.717, 1.165) is 19.0 Å². The summed E-state index contributed by atoms with van der Waals surface area (Å²) in [6.07, 6.45) is 5.31. The molecule has 0 radical (unpaired) electrons. The van der Waals surface area contributed by atoms with E-state index in [4.69, 9.17) is 0 Å². The van der Waals surface area contributed by atoms with Gasteiger partial charge in [0.25, 0.3) is 0 Å². The lowest BCUT2D eigenvalue weighted by Crippen LogP contribution is -2.49. The zero-order valence-electron chi connectivity index (χ0n) is 12.3. The van der Waals surface area contributed by atoms with E-state index in [1.807, 2.05) is 6.92 Å². The van der Waals surface area contributed by atoms with Crippen LogP contribution in [0.25, 0.3) is 0 Å². The van der Waals surface area contributed by atoms with Gasteiger partial charge < -0.3 is 5.32 Å². The molecule has 1 saturated carbocycles. The minimum atomic E-state index is -2.78. The van der Waals surface area contributed by atoms with Crippen molar-refractivity contribution in [1.29, 1.82) is 0 Å². The maximum absolute atomic E-state index is 11.5. The second-order valence-electron chi connectivity index (χ2n) is 6.42. The van der Waals surface area contributed by atoms with Crippen molar-refractivity contribution in [2.45, 2.75) is 51.6 Å². The quantitative estimate of drug-likeness (QED) is 0.846. The Morgan fingerprint density at radius 2 is 2.05 bits per heavy atom. The van der Waals surface area contributed by atoms with Gasteiger partial charge in [0.15, 0.2) is 9.84 Å². The van der Waals surface area contributed by atoms with Gasteiger partial charge in [0.2, 0.25) is 0 Å². The molecule has 5 heteroatoms. The van der Waals surface area contributed by atoms with E-state index in [9.17, 15) is 8.42 Å². The van der Waals surface area contributed by atoms with Gasteiger partial charge in [-0.05, 0) is 25.7 Å². The predicted octanol–water partition coefficient (Wildman–Crippen LogP) is 1.27. The van der Waals surface area contributed by atoms with Gasteiger partial charge in [-0.2, -0.15) is 0 Å². The smallest absolute Gasteiger partial charge is 0.153 e. The predicted molar refractivity (Wildman–Crippen MR) is 79.1 cm³/mol. The average molecular weight is 288 g/mol. The van der Waals surface area contributed by atoms with Gasteiger partial charge in [-0.1, -0.05) is 19.8 Å². The largest absolute Gasteiger partial charge is 0.313 e. The number of nitrogens with one attached hydrogen (secondary N) is 1. The molecule has 19 heavy (non-hydrogen) atoms. The fourth-order valence-corrected chi connectivity index (χ4v) is 5.02. The zero-order chi connectivity index (χ0) is 13.9. The summed E-state index contributed by atoms with van der Waals surface area (Å²) in [7, 11) is -2.78. The van der Waals surface area contributed by atoms with Crippen molar-refractivity contribution in [3.63, 3.8) is 0 Å². The summed E-state index contributed by atoms with van der Waals surface area (Å²) >= 11 is 0. The van der Waals surface area contributed by atoms with Crippen molar-refractivity contribution in [2.24, 2.45) is 5.92 Å². The molecule has 112 valence electrons. The molecule has 1 saturated heterocycles. The lowest BCUT2D eigenvalue weighted by atomic mass is 9.87. The van der Waals surface area contributed by atoms with Crippen LogP contribution < -0.4 is 5.32 Å². The van der Waals surface area contributed by atoms with E-state index in [1.165, 1.54) is 25.7 Å². The summed E-state index contributed by atoms with van der Waals surface area (Å²) in [6, 6.07) is 0.846. The molecule has 1 heterocycles. The van der Waals surface area contributed by atoms with Crippen molar-refractivity contribution in [2.75, 3.05) is 31.1 Å². The molecule has 2 aliphatic rings. The Morgan fingerprint density at radius 1 is 1.26 bits per heavy atom. The Labute approximate surface area is 117 Å². The fraction of sp³-hybridized carbons (Fsp3) is 1.00. The van der Waals surface area contributed by atoms with Crippen molar-refractivity contribution >= 4 is 9.84 Å². The third-order valence-electron chi connectivity index (χ3n) is 4.58. The monoisotopic (exact) mass is 288 g/mol. The molecular formula is C14H28N2O2S. The molecule has 0 amide bonds. The molecule has 1 aliphatic heterocycles. The van der Waals surface area contributed by atoms with Gasteiger partial charge in [0, 0.05) is 31.7 Å². The van der Waals surface area contributed by atoms with Crippen molar-refractivity contribution < 1.29 is 8.42 Å². The number of rotatable bonds is 4. The SMILES string of the molecule is CC1CCCC(NCCN2CCS(=O)(=O)CC2C)C1. The summed E-state index contributed by atoms with van der Waals surface area (Å²) in [6.45, 7) is 7.03. The number of hydrogen-bond acceptors (Lipinski definition) is 4. The van der Waals surface area contributed by atoms with Crippen LogP contribution in [-0.4, -0.2) is 56.5 Å². The maximum Gasteiger partial charge on any atom is 0.153 e. The lowest BCUT2D eigenvalue weighted by Gasteiger charge is -2.34. The first-order chi connectivity index (χ1) is 8.96. The molecular weight excluding hydrogens is 260 g/mol. The normalized spacial score (nSPS) is 36.2. The number of hydrogen-bond donors (Lipinski definition) is 1. The standard InChI is InChI=1S/C14H28N2O2S/c1-12-4-3-5-14(10-12)15-6-7-16-8-9-19(17,18)11-13(16)2/h12-15H,3-11H2,1-2H3. The van der Waals surface area contributed by atoms with Gasteiger partial charge in [0.1, 0.15) is 0 Å². The van der Waals surface area contributed by atoms with E-state index in [1.54, 1.807) is 0 Å². The molecule has 3 atom stereocenters. The molecule has 1 aliphatic carbocycles. The first kappa shape index (κ1) is 15.3. The van der Waals surface area contributed by atoms with Gasteiger partial charge in [0.05, 0.1) is 11.5 Å². The third-order valence-corrected chi connectivity index (χ3v) is 6.37. The van der Waals surface area contributed by atoms with Crippen molar-refractivity contribution in [3.8, 4) is 0 Å². The molecule has 0 spiro atoms. The van der Waals surface area contributed by atoms with Crippen LogP contribution in [0.15, 0.2) is 0 Å². The van der Waals surface area contributed by atoms with Crippen molar-refractivity contribution in [1.82, 2.24) is 10.2 Å². The van der Waals surface area contributed by atoms with Crippen molar-refractivity contribution in [3.05, 3.63) is 0 Å². The molecule has 1 N–H and O–H groups in total. The summed E-state index contributed by atoms with van der Waals surface area (Å²) in [5.41, 5.74) is 0. The summed E-state index contributed by atoms with van der Waals surface area (Å²) in [5, 5.41) is 3.65. The molecule has 4 nitrogen and oxygen atoms in total. The summed E-state index contributed by atoms with van der Waals surface area (Å²) in [5.74, 6) is 1.51. The highest BCUT2D eigenvalue weighted by Gasteiger charge is 2.27. The van der Waals surface area contributed by atoms with Gasteiger partial charge in [-0.15, -0.1) is 0 Å². The lowest BCUT2D eigenvalue weighted by molar-refractivity contribution is 0.216. The average Bonchev–Trinajstić information content (AvgIpc) is 2.31. The topological polar surface area (TPSA) is 49.4 Å². The van der Waals surface area contributed by atoms with Gasteiger partial charge >= 0.3 is 0 Å². The fourth-order valence-electron chi connectivity index (χ4n) is 3.40. The van der Waals surface area contributed by atoms with E-state index in [2.05, 4.69) is 17.1 Å². The Hall–Kier alpha value is -0.130. The maximum atomic E-state index is 11.5. The molecule has 2 rings (SSSR count). The number of sulfone groups is 1. The van der Waals surface area contributed by atoms with E-state index in [0.29, 0.717) is 24.1 Å². The minimum Gasteiger partial charge on any atom is -0.313 e. The second kappa shape index (κ2) is 6.55. The summed E-state index contributed by atoms with van der Waals surface area (Å²) < 4.78 is 23.0. The molecule has 3 unspecified atom stereocenters.